The van der Waals surface area contributed by atoms with Crippen LogP contribution >= 0.6 is 11.9 Å². The van der Waals surface area contributed by atoms with Crippen molar-refractivity contribution in [3.05, 3.63) is 48.8 Å². The highest BCUT2D eigenvalue weighted by Gasteiger charge is 2.31. The summed E-state index contributed by atoms with van der Waals surface area (Å²) in [5.41, 5.74) is 2.08. The van der Waals surface area contributed by atoms with Gasteiger partial charge in [-0.05, 0) is 18.6 Å². The summed E-state index contributed by atoms with van der Waals surface area (Å²) >= 11 is 2.02. The highest BCUT2D eigenvalue weighted by molar-refractivity contribution is 7.97. The van der Waals surface area contributed by atoms with Crippen LogP contribution in [0.15, 0.2) is 48.8 Å². The lowest BCUT2D eigenvalue weighted by Gasteiger charge is -2.43. The first-order valence-corrected chi connectivity index (χ1v) is 9.26. The average molecular weight is 337 g/mol. The van der Waals surface area contributed by atoms with Crippen LogP contribution < -0.4 is 4.90 Å². The second-order valence-electron chi connectivity index (χ2n) is 6.43. The standard InChI is InChI=1S/C18H19N5S/c1-2-5-15(6-3-1)23-11-14-10-19-18(9-17(14)20-23)21-12-16(13-21)24-22-7-4-8-22/h1-3,5-6,9-11,16H,4,7-8,12-13H2. The van der Waals surface area contributed by atoms with Gasteiger partial charge in [0.15, 0.2) is 0 Å². The Labute approximate surface area is 145 Å². The van der Waals surface area contributed by atoms with Crippen LogP contribution in [0.4, 0.5) is 5.82 Å². The molecule has 2 aliphatic heterocycles. The van der Waals surface area contributed by atoms with Crippen LogP contribution in [-0.4, -0.2) is 50.5 Å². The topological polar surface area (TPSA) is 37.2 Å². The molecule has 2 fully saturated rings. The fourth-order valence-corrected chi connectivity index (χ4v) is 4.47. The molecule has 0 amide bonds. The molecule has 4 heterocycles. The van der Waals surface area contributed by atoms with Crippen molar-refractivity contribution < 1.29 is 0 Å². The van der Waals surface area contributed by atoms with Crippen LogP contribution in [0, 0.1) is 0 Å². The lowest BCUT2D eigenvalue weighted by atomic mass is 10.2. The highest BCUT2D eigenvalue weighted by atomic mass is 32.2. The molecule has 0 saturated carbocycles. The predicted octanol–water partition coefficient (Wildman–Crippen LogP) is 2.96. The summed E-state index contributed by atoms with van der Waals surface area (Å²) in [6, 6.07) is 12.3. The van der Waals surface area contributed by atoms with Crippen LogP contribution in [0.25, 0.3) is 16.6 Å². The second kappa shape index (κ2) is 5.79. The molecule has 0 radical (unpaired) electrons. The Morgan fingerprint density at radius 2 is 1.92 bits per heavy atom. The van der Waals surface area contributed by atoms with Gasteiger partial charge in [-0.2, -0.15) is 5.10 Å². The molecular formula is C18H19N5S. The number of hydrogen-bond donors (Lipinski definition) is 0. The number of anilines is 1. The molecule has 0 atom stereocenters. The predicted molar refractivity (Wildman–Crippen MR) is 98.6 cm³/mol. The third-order valence-corrected chi connectivity index (χ3v) is 5.94. The van der Waals surface area contributed by atoms with Gasteiger partial charge in [0.05, 0.1) is 16.5 Å². The zero-order valence-corrected chi connectivity index (χ0v) is 14.2. The maximum atomic E-state index is 4.71. The molecule has 3 aromatic rings. The molecule has 122 valence electrons. The lowest BCUT2D eigenvalue weighted by Crippen LogP contribution is -2.51. The molecule has 5 rings (SSSR count). The number of pyridine rings is 1. The fraction of sp³-hybridized carbons (Fsp3) is 0.333. The van der Waals surface area contributed by atoms with Gasteiger partial charge in [-0.3, -0.25) is 4.31 Å². The normalized spacial score (nSPS) is 18.6. The van der Waals surface area contributed by atoms with Gasteiger partial charge in [0.1, 0.15) is 5.82 Å². The third kappa shape index (κ3) is 2.56. The number of fused-ring (bicyclic) bond motifs is 1. The molecule has 0 bridgehead atoms. The number of rotatable bonds is 4. The van der Waals surface area contributed by atoms with Gasteiger partial charge in [-0.1, -0.05) is 30.1 Å². The van der Waals surface area contributed by atoms with Gasteiger partial charge in [0.25, 0.3) is 0 Å². The number of para-hydroxylation sites is 1. The highest BCUT2D eigenvalue weighted by Crippen LogP contribution is 2.32. The Balaban J connectivity index is 1.33. The summed E-state index contributed by atoms with van der Waals surface area (Å²) < 4.78 is 4.40. The van der Waals surface area contributed by atoms with E-state index in [1.54, 1.807) is 0 Å². The van der Waals surface area contributed by atoms with Gasteiger partial charge >= 0.3 is 0 Å². The number of hydrogen-bond acceptors (Lipinski definition) is 5. The van der Waals surface area contributed by atoms with Gasteiger partial charge in [-0.15, -0.1) is 0 Å². The lowest BCUT2D eigenvalue weighted by molar-refractivity contribution is 0.339. The summed E-state index contributed by atoms with van der Waals surface area (Å²) in [5, 5.41) is 6.50. The molecule has 0 N–H and O–H groups in total. The van der Waals surface area contributed by atoms with Gasteiger partial charge in [0, 0.05) is 50.0 Å². The van der Waals surface area contributed by atoms with Gasteiger partial charge in [0.2, 0.25) is 0 Å². The molecule has 2 saturated heterocycles. The first-order chi connectivity index (χ1) is 11.8. The van der Waals surface area contributed by atoms with E-state index in [2.05, 4.69) is 32.4 Å². The Kier molecular flexibility index (Phi) is 3.45. The SMILES string of the molecule is c1ccc(-n2cc3cnc(N4CC(SN5CCC5)C4)cc3n2)cc1. The molecule has 24 heavy (non-hydrogen) atoms. The summed E-state index contributed by atoms with van der Waals surface area (Å²) in [6.45, 7) is 4.67. The molecule has 1 aromatic carbocycles. The Morgan fingerprint density at radius 1 is 1.08 bits per heavy atom. The second-order valence-corrected chi connectivity index (χ2v) is 7.82. The molecule has 2 aromatic heterocycles. The van der Waals surface area contributed by atoms with E-state index in [1.807, 2.05) is 47.2 Å². The molecule has 2 aliphatic rings. The number of aromatic nitrogens is 3. The quantitative estimate of drug-likeness (QED) is 0.684. The summed E-state index contributed by atoms with van der Waals surface area (Å²) in [4.78, 5) is 6.98. The van der Waals surface area contributed by atoms with Crippen molar-refractivity contribution in [3.63, 3.8) is 0 Å². The average Bonchev–Trinajstić information content (AvgIpc) is 2.96. The van der Waals surface area contributed by atoms with Crippen molar-refractivity contribution in [2.75, 3.05) is 31.1 Å². The van der Waals surface area contributed by atoms with Crippen LogP contribution in [-0.2, 0) is 0 Å². The van der Waals surface area contributed by atoms with Crippen LogP contribution in [0.3, 0.4) is 0 Å². The Bertz CT molecular complexity index is 852. The molecular weight excluding hydrogens is 318 g/mol. The smallest absolute Gasteiger partial charge is 0.130 e. The van der Waals surface area contributed by atoms with Gasteiger partial charge in [-0.25, -0.2) is 9.67 Å². The molecule has 6 heteroatoms. The van der Waals surface area contributed by atoms with E-state index in [4.69, 9.17) is 5.10 Å². The fourth-order valence-electron chi connectivity index (χ4n) is 3.09. The summed E-state index contributed by atoms with van der Waals surface area (Å²) in [7, 11) is 0. The van der Waals surface area contributed by atoms with Gasteiger partial charge < -0.3 is 4.90 Å². The maximum Gasteiger partial charge on any atom is 0.130 e. The van der Waals surface area contributed by atoms with Crippen molar-refractivity contribution in [1.29, 1.82) is 0 Å². The third-order valence-electron chi connectivity index (χ3n) is 4.68. The van der Waals surface area contributed by atoms with E-state index in [9.17, 15) is 0 Å². The number of nitrogens with zero attached hydrogens (tertiary/aromatic N) is 5. The van der Waals surface area contributed by atoms with E-state index in [0.29, 0.717) is 5.25 Å². The zero-order valence-electron chi connectivity index (χ0n) is 13.4. The maximum absolute atomic E-state index is 4.71. The molecule has 0 aliphatic carbocycles. The van der Waals surface area contributed by atoms with Crippen molar-refractivity contribution in [2.24, 2.45) is 0 Å². The van der Waals surface area contributed by atoms with E-state index in [-0.39, 0.29) is 0 Å². The van der Waals surface area contributed by atoms with Crippen molar-refractivity contribution in [1.82, 2.24) is 19.1 Å². The Hall–Kier alpha value is -2.05. The van der Waals surface area contributed by atoms with Crippen LogP contribution in [0.2, 0.25) is 0 Å². The zero-order chi connectivity index (χ0) is 15.9. The van der Waals surface area contributed by atoms with Crippen molar-refractivity contribution in [3.8, 4) is 5.69 Å². The van der Waals surface area contributed by atoms with Crippen LogP contribution in [0.1, 0.15) is 6.42 Å². The minimum atomic E-state index is 0.713. The van der Waals surface area contributed by atoms with Crippen LogP contribution in [0.5, 0.6) is 0 Å². The van der Waals surface area contributed by atoms with E-state index >= 15 is 0 Å². The Morgan fingerprint density at radius 3 is 2.67 bits per heavy atom. The minimum absolute atomic E-state index is 0.713. The van der Waals surface area contributed by atoms with Crippen molar-refractivity contribution in [2.45, 2.75) is 11.7 Å². The molecule has 0 spiro atoms. The first-order valence-electron chi connectivity index (χ1n) is 8.43. The molecule has 5 nitrogen and oxygen atoms in total. The van der Waals surface area contributed by atoms with E-state index in [0.717, 1.165) is 35.5 Å². The largest absolute Gasteiger partial charge is 0.354 e. The first kappa shape index (κ1) is 14.3. The molecule has 0 unspecified atom stereocenters. The van der Waals surface area contributed by atoms with E-state index < -0.39 is 0 Å². The minimum Gasteiger partial charge on any atom is -0.354 e. The number of benzene rings is 1. The van der Waals surface area contributed by atoms with Crippen molar-refractivity contribution >= 4 is 28.7 Å². The monoisotopic (exact) mass is 337 g/mol. The van der Waals surface area contributed by atoms with E-state index in [1.165, 1.54) is 19.5 Å². The summed E-state index contributed by atoms with van der Waals surface area (Å²) in [6.07, 6.45) is 5.33. The summed E-state index contributed by atoms with van der Waals surface area (Å²) in [5.74, 6) is 1.04.